The second-order valence-corrected chi connectivity index (χ2v) is 8.27. The van der Waals surface area contributed by atoms with E-state index in [2.05, 4.69) is 11.9 Å². The van der Waals surface area contributed by atoms with Gasteiger partial charge in [0.25, 0.3) is 11.6 Å². The van der Waals surface area contributed by atoms with Gasteiger partial charge in [-0.2, -0.15) is 5.26 Å². The van der Waals surface area contributed by atoms with E-state index in [0.29, 0.717) is 35.7 Å². The predicted molar refractivity (Wildman–Crippen MR) is 133 cm³/mol. The summed E-state index contributed by atoms with van der Waals surface area (Å²) in [5, 5.41) is 23.6. The third-order valence-electron chi connectivity index (χ3n) is 5.69. The van der Waals surface area contributed by atoms with Crippen molar-refractivity contribution in [3.8, 4) is 17.6 Å². The molecule has 0 unspecified atom stereocenters. The molecule has 0 heterocycles. The Bertz CT molecular complexity index is 1160. The molecule has 1 N–H and O–H groups in total. The average Bonchev–Trinajstić information content (AvgIpc) is 3.35. The summed E-state index contributed by atoms with van der Waals surface area (Å²) in [7, 11) is 0. The van der Waals surface area contributed by atoms with Crippen LogP contribution in [0.3, 0.4) is 0 Å². The first-order chi connectivity index (χ1) is 16.9. The molecule has 1 saturated carbocycles. The van der Waals surface area contributed by atoms with Crippen LogP contribution in [0.2, 0.25) is 0 Å². The highest BCUT2D eigenvalue weighted by Crippen LogP contribution is 2.35. The van der Waals surface area contributed by atoms with Crippen LogP contribution in [0, 0.1) is 21.4 Å². The number of hydrogen-bond acceptors (Lipinski definition) is 6. The van der Waals surface area contributed by atoms with Crippen molar-refractivity contribution >= 4 is 17.7 Å². The van der Waals surface area contributed by atoms with Crippen molar-refractivity contribution in [3.63, 3.8) is 0 Å². The molecule has 35 heavy (non-hydrogen) atoms. The summed E-state index contributed by atoms with van der Waals surface area (Å²) in [5.41, 5.74) is 2.05. The smallest absolute Gasteiger partial charge is 0.269 e. The van der Waals surface area contributed by atoms with Crippen LogP contribution in [0.15, 0.2) is 54.6 Å². The van der Waals surface area contributed by atoms with E-state index in [4.69, 9.17) is 9.47 Å². The Morgan fingerprint density at radius 2 is 2.06 bits per heavy atom. The first-order valence-corrected chi connectivity index (χ1v) is 11.6. The lowest BCUT2D eigenvalue weighted by molar-refractivity contribution is -0.384. The first kappa shape index (κ1) is 25.5. The standard InChI is InChI=1S/C27H29N3O5/c1-3-8-21-13-20(14-22(17-28)27(31)29-23-10-5-6-11-23)16-25(34-4-2)26(21)35-18-19-9-7-12-24(15-19)30(32)33/h3,7,9,12-16,23H,1,4-6,8,10-11,18H2,2H3,(H,29,31)/b22-14-. The second-order valence-electron chi connectivity index (χ2n) is 8.27. The molecule has 0 atom stereocenters. The topological polar surface area (TPSA) is 114 Å². The molecule has 2 aromatic rings. The fourth-order valence-electron chi connectivity index (χ4n) is 4.06. The highest BCUT2D eigenvalue weighted by atomic mass is 16.6. The number of nitro benzene ring substituents is 1. The van der Waals surface area contributed by atoms with E-state index in [1.807, 2.05) is 19.1 Å². The number of ether oxygens (including phenoxy) is 2. The van der Waals surface area contributed by atoms with Gasteiger partial charge >= 0.3 is 0 Å². The van der Waals surface area contributed by atoms with Crippen molar-refractivity contribution in [2.24, 2.45) is 0 Å². The monoisotopic (exact) mass is 475 g/mol. The quantitative estimate of drug-likeness (QED) is 0.156. The maximum Gasteiger partial charge on any atom is 0.269 e. The van der Waals surface area contributed by atoms with Crippen molar-refractivity contribution in [2.75, 3.05) is 6.61 Å². The Balaban J connectivity index is 1.90. The molecule has 182 valence electrons. The van der Waals surface area contributed by atoms with Crippen LogP contribution < -0.4 is 14.8 Å². The maximum atomic E-state index is 12.6. The fraction of sp³-hybridized carbons (Fsp3) is 0.333. The number of rotatable bonds is 11. The van der Waals surface area contributed by atoms with Crippen LogP contribution >= 0.6 is 0 Å². The average molecular weight is 476 g/mol. The molecule has 0 bridgehead atoms. The van der Waals surface area contributed by atoms with Crippen LogP contribution in [0.4, 0.5) is 5.69 Å². The molecule has 3 rings (SSSR count). The van der Waals surface area contributed by atoms with E-state index in [1.54, 1.807) is 30.4 Å². The van der Waals surface area contributed by atoms with Gasteiger partial charge in [-0.1, -0.05) is 31.1 Å². The second kappa shape index (κ2) is 12.4. The predicted octanol–water partition coefficient (Wildman–Crippen LogP) is 5.27. The highest BCUT2D eigenvalue weighted by Gasteiger charge is 2.20. The van der Waals surface area contributed by atoms with Gasteiger partial charge in [0.1, 0.15) is 18.2 Å². The minimum atomic E-state index is -0.449. The number of non-ortho nitro benzene ring substituents is 1. The summed E-state index contributed by atoms with van der Waals surface area (Å²) >= 11 is 0. The number of nitriles is 1. The summed E-state index contributed by atoms with van der Waals surface area (Å²) in [6.45, 7) is 6.14. The molecule has 0 saturated heterocycles. The van der Waals surface area contributed by atoms with E-state index in [9.17, 15) is 20.2 Å². The molecule has 0 spiro atoms. The van der Waals surface area contributed by atoms with Crippen LogP contribution in [0.1, 0.15) is 49.3 Å². The number of benzene rings is 2. The lowest BCUT2D eigenvalue weighted by Gasteiger charge is -2.17. The van der Waals surface area contributed by atoms with Gasteiger partial charge in [-0.25, -0.2) is 0 Å². The van der Waals surface area contributed by atoms with Crippen molar-refractivity contribution < 1.29 is 19.2 Å². The Hall–Kier alpha value is -4.12. The minimum Gasteiger partial charge on any atom is -0.490 e. The molecule has 8 heteroatoms. The van der Waals surface area contributed by atoms with Crippen molar-refractivity contribution in [3.05, 3.63) is 81.4 Å². The summed E-state index contributed by atoms with van der Waals surface area (Å²) in [6, 6.07) is 11.9. The zero-order chi connectivity index (χ0) is 25.2. The molecule has 8 nitrogen and oxygen atoms in total. The van der Waals surface area contributed by atoms with Crippen LogP contribution in [-0.2, 0) is 17.8 Å². The molecular formula is C27H29N3O5. The molecular weight excluding hydrogens is 446 g/mol. The summed E-state index contributed by atoms with van der Waals surface area (Å²) in [6.07, 6.45) is 7.74. The third kappa shape index (κ3) is 6.93. The Morgan fingerprint density at radius 3 is 2.71 bits per heavy atom. The lowest BCUT2D eigenvalue weighted by Crippen LogP contribution is -2.33. The SMILES string of the molecule is C=CCc1cc(/C=C(/C#N)C(=O)NC2CCCC2)cc(OCC)c1OCc1cccc([N+](=O)[O-])c1. The Kier molecular flexibility index (Phi) is 9.02. The Labute approximate surface area is 205 Å². The van der Waals surface area contributed by atoms with E-state index >= 15 is 0 Å². The normalized spacial score (nSPS) is 13.7. The first-order valence-electron chi connectivity index (χ1n) is 11.6. The molecule has 2 aromatic carbocycles. The van der Waals surface area contributed by atoms with Crippen molar-refractivity contribution in [1.82, 2.24) is 5.32 Å². The number of nitro groups is 1. The van der Waals surface area contributed by atoms with Crippen molar-refractivity contribution in [1.29, 1.82) is 5.26 Å². The third-order valence-corrected chi connectivity index (χ3v) is 5.69. The van der Waals surface area contributed by atoms with Gasteiger partial charge in [0.05, 0.1) is 11.5 Å². The van der Waals surface area contributed by atoms with E-state index in [1.165, 1.54) is 12.1 Å². The highest BCUT2D eigenvalue weighted by molar-refractivity contribution is 6.02. The number of amides is 1. The number of nitrogens with one attached hydrogen (secondary N) is 1. The lowest BCUT2D eigenvalue weighted by atomic mass is 10.0. The molecule has 0 aromatic heterocycles. The largest absolute Gasteiger partial charge is 0.490 e. The molecule has 0 aliphatic heterocycles. The number of allylic oxidation sites excluding steroid dienone is 1. The summed E-state index contributed by atoms with van der Waals surface area (Å²) in [5.74, 6) is 0.565. The zero-order valence-corrected chi connectivity index (χ0v) is 19.8. The van der Waals surface area contributed by atoms with Gasteiger partial charge in [0.15, 0.2) is 11.5 Å². The van der Waals surface area contributed by atoms with E-state index < -0.39 is 4.92 Å². The molecule has 1 fully saturated rings. The van der Waals surface area contributed by atoms with Gasteiger partial charge in [0.2, 0.25) is 0 Å². The number of hydrogen-bond donors (Lipinski definition) is 1. The van der Waals surface area contributed by atoms with Gasteiger partial charge in [-0.15, -0.1) is 6.58 Å². The maximum absolute atomic E-state index is 12.6. The number of nitrogens with zero attached hydrogens (tertiary/aromatic N) is 2. The zero-order valence-electron chi connectivity index (χ0n) is 19.8. The minimum absolute atomic E-state index is 0.0113. The van der Waals surface area contributed by atoms with Gasteiger partial charge in [-0.05, 0) is 55.5 Å². The van der Waals surface area contributed by atoms with Gasteiger partial charge in [0, 0.05) is 23.7 Å². The fourth-order valence-corrected chi connectivity index (χ4v) is 4.06. The molecule has 1 aliphatic carbocycles. The molecule has 1 aliphatic rings. The van der Waals surface area contributed by atoms with Crippen molar-refractivity contribution in [2.45, 2.75) is 51.7 Å². The molecule has 1 amide bonds. The van der Waals surface area contributed by atoms with E-state index in [0.717, 1.165) is 31.2 Å². The number of carbonyl (C=O) groups excluding carboxylic acids is 1. The van der Waals surface area contributed by atoms with Gasteiger partial charge < -0.3 is 14.8 Å². The van der Waals surface area contributed by atoms with Crippen LogP contribution in [-0.4, -0.2) is 23.5 Å². The summed E-state index contributed by atoms with van der Waals surface area (Å²) in [4.78, 5) is 23.3. The van der Waals surface area contributed by atoms with E-state index in [-0.39, 0.29) is 29.8 Å². The summed E-state index contributed by atoms with van der Waals surface area (Å²) < 4.78 is 11.9. The Morgan fingerprint density at radius 1 is 1.29 bits per heavy atom. The van der Waals surface area contributed by atoms with Crippen LogP contribution in [0.5, 0.6) is 11.5 Å². The van der Waals surface area contributed by atoms with Crippen LogP contribution in [0.25, 0.3) is 6.08 Å². The molecule has 0 radical (unpaired) electrons. The number of carbonyl (C=O) groups is 1. The van der Waals surface area contributed by atoms with Gasteiger partial charge in [-0.3, -0.25) is 14.9 Å².